The van der Waals surface area contributed by atoms with Gasteiger partial charge < -0.3 is 4.74 Å². The van der Waals surface area contributed by atoms with Crippen LogP contribution in [0.15, 0.2) is 60.8 Å². The van der Waals surface area contributed by atoms with Crippen molar-refractivity contribution >= 4 is 17.5 Å². The van der Waals surface area contributed by atoms with Crippen LogP contribution in [0, 0.1) is 0 Å². The van der Waals surface area contributed by atoms with Gasteiger partial charge in [0.2, 0.25) is 0 Å². The highest BCUT2D eigenvalue weighted by Gasteiger charge is 2.17. The van der Waals surface area contributed by atoms with E-state index in [1.54, 1.807) is 6.20 Å². The van der Waals surface area contributed by atoms with E-state index in [0.29, 0.717) is 12.2 Å². The molecule has 0 fully saturated rings. The Morgan fingerprint density at radius 3 is 2.40 bits per heavy atom. The van der Waals surface area contributed by atoms with E-state index < -0.39 is 6.10 Å². The van der Waals surface area contributed by atoms with Crippen LogP contribution in [0.2, 0.25) is 0 Å². The third-order valence-electron chi connectivity index (χ3n) is 3.03. The molecule has 4 nitrogen and oxygen atoms in total. The maximum absolute atomic E-state index is 10.8. The summed E-state index contributed by atoms with van der Waals surface area (Å²) in [7, 11) is 0. The van der Waals surface area contributed by atoms with E-state index in [0.717, 1.165) is 16.6 Å². The zero-order chi connectivity index (χ0) is 13.8. The first kappa shape index (κ1) is 12.3. The molecule has 0 aliphatic heterocycles. The molecule has 98 valence electrons. The van der Waals surface area contributed by atoms with Gasteiger partial charge in [-0.1, -0.05) is 42.5 Å². The zero-order valence-corrected chi connectivity index (χ0v) is 10.6. The number of carbonyl (C=O) groups is 1. The van der Waals surface area contributed by atoms with Crippen LogP contribution in [0.4, 0.5) is 0 Å². The first-order valence-electron chi connectivity index (χ1n) is 6.24. The number of para-hydroxylation sites is 2. The predicted molar refractivity (Wildman–Crippen MR) is 75.0 cm³/mol. The van der Waals surface area contributed by atoms with Gasteiger partial charge in [-0.3, -0.25) is 9.78 Å². The molecule has 0 saturated carbocycles. The number of hydrogen-bond donors (Lipinski definition) is 0. The molecule has 0 radical (unpaired) electrons. The quantitative estimate of drug-likeness (QED) is 0.680. The number of carbonyl (C=O) groups excluding carboxylic acids is 1. The van der Waals surface area contributed by atoms with E-state index in [-0.39, 0.29) is 0 Å². The minimum Gasteiger partial charge on any atom is -0.453 e. The standard InChI is InChI=1S/C16H12N2O2/c19-11-20-16(12-6-2-1-3-7-12)15-10-17-13-8-4-5-9-14(13)18-15/h1-11,16H. The average molecular weight is 264 g/mol. The summed E-state index contributed by atoms with van der Waals surface area (Å²) in [6, 6.07) is 17.1. The predicted octanol–water partition coefficient (Wildman–Crippen LogP) is 2.89. The summed E-state index contributed by atoms with van der Waals surface area (Å²) >= 11 is 0. The van der Waals surface area contributed by atoms with Crippen molar-refractivity contribution in [3.8, 4) is 0 Å². The first-order valence-corrected chi connectivity index (χ1v) is 6.24. The van der Waals surface area contributed by atoms with Crippen LogP contribution >= 0.6 is 0 Å². The van der Waals surface area contributed by atoms with Gasteiger partial charge in [0.25, 0.3) is 6.47 Å². The molecule has 20 heavy (non-hydrogen) atoms. The van der Waals surface area contributed by atoms with E-state index >= 15 is 0 Å². The molecule has 3 rings (SSSR count). The summed E-state index contributed by atoms with van der Waals surface area (Å²) in [6.45, 7) is 0.439. The molecule has 0 N–H and O–H groups in total. The zero-order valence-electron chi connectivity index (χ0n) is 10.6. The maximum atomic E-state index is 10.8. The topological polar surface area (TPSA) is 52.1 Å². The van der Waals surface area contributed by atoms with Gasteiger partial charge in [0.05, 0.1) is 17.2 Å². The normalized spacial score (nSPS) is 12.0. The smallest absolute Gasteiger partial charge is 0.294 e. The Morgan fingerprint density at radius 1 is 0.950 bits per heavy atom. The molecule has 1 aromatic heterocycles. The molecule has 0 aliphatic carbocycles. The van der Waals surface area contributed by atoms with Crippen molar-refractivity contribution in [3.05, 3.63) is 72.1 Å². The maximum Gasteiger partial charge on any atom is 0.294 e. The average Bonchev–Trinajstić information content (AvgIpc) is 2.53. The Hall–Kier alpha value is -2.75. The summed E-state index contributed by atoms with van der Waals surface area (Å²) in [4.78, 5) is 19.6. The third kappa shape index (κ3) is 2.36. The minimum atomic E-state index is -0.536. The monoisotopic (exact) mass is 264 g/mol. The van der Waals surface area contributed by atoms with Crippen LogP contribution in [0.25, 0.3) is 11.0 Å². The fraction of sp³-hybridized carbons (Fsp3) is 0.0625. The minimum absolute atomic E-state index is 0.439. The van der Waals surface area contributed by atoms with E-state index in [2.05, 4.69) is 9.97 Å². The van der Waals surface area contributed by atoms with E-state index in [9.17, 15) is 4.79 Å². The number of nitrogens with zero attached hydrogens (tertiary/aromatic N) is 2. The van der Waals surface area contributed by atoms with Gasteiger partial charge in [-0.05, 0) is 17.7 Å². The van der Waals surface area contributed by atoms with Crippen LogP contribution in [0.5, 0.6) is 0 Å². The van der Waals surface area contributed by atoms with Gasteiger partial charge in [-0.15, -0.1) is 0 Å². The molecule has 3 aromatic rings. The molecule has 0 amide bonds. The van der Waals surface area contributed by atoms with E-state index in [4.69, 9.17) is 4.74 Å². The number of aromatic nitrogens is 2. The number of benzene rings is 2. The van der Waals surface area contributed by atoms with Crippen molar-refractivity contribution in [2.45, 2.75) is 6.10 Å². The molecule has 1 heterocycles. The van der Waals surface area contributed by atoms with Crippen LogP contribution in [-0.2, 0) is 9.53 Å². The van der Waals surface area contributed by atoms with Gasteiger partial charge in [0.15, 0.2) is 6.10 Å². The fourth-order valence-electron chi connectivity index (χ4n) is 2.10. The van der Waals surface area contributed by atoms with Crippen molar-refractivity contribution in [2.75, 3.05) is 0 Å². The number of ether oxygens (including phenoxy) is 1. The molecule has 1 atom stereocenters. The number of fused-ring (bicyclic) bond motifs is 1. The second-order valence-corrected chi connectivity index (χ2v) is 4.31. The molecule has 0 bridgehead atoms. The molecule has 2 aromatic carbocycles. The highest BCUT2D eigenvalue weighted by molar-refractivity contribution is 5.73. The van der Waals surface area contributed by atoms with Crippen molar-refractivity contribution in [1.82, 2.24) is 9.97 Å². The Morgan fingerprint density at radius 2 is 1.65 bits per heavy atom. The van der Waals surface area contributed by atoms with Crippen molar-refractivity contribution < 1.29 is 9.53 Å². The molecule has 1 unspecified atom stereocenters. The lowest BCUT2D eigenvalue weighted by Gasteiger charge is -2.15. The van der Waals surface area contributed by atoms with Crippen LogP contribution in [-0.4, -0.2) is 16.4 Å². The van der Waals surface area contributed by atoms with Gasteiger partial charge >= 0.3 is 0 Å². The Bertz CT molecular complexity index is 729. The highest BCUT2D eigenvalue weighted by Crippen LogP contribution is 2.24. The van der Waals surface area contributed by atoms with Crippen LogP contribution < -0.4 is 0 Å². The van der Waals surface area contributed by atoms with E-state index in [1.165, 1.54) is 0 Å². The molecular weight excluding hydrogens is 252 g/mol. The summed E-state index contributed by atoms with van der Waals surface area (Å²) < 4.78 is 5.18. The van der Waals surface area contributed by atoms with Gasteiger partial charge in [0, 0.05) is 0 Å². The summed E-state index contributed by atoms with van der Waals surface area (Å²) in [5.74, 6) is 0. The van der Waals surface area contributed by atoms with Crippen molar-refractivity contribution in [1.29, 1.82) is 0 Å². The lowest BCUT2D eigenvalue weighted by atomic mass is 10.1. The fourth-order valence-corrected chi connectivity index (χ4v) is 2.10. The number of hydrogen-bond acceptors (Lipinski definition) is 4. The van der Waals surface area contributed by atoms with Gasteiger partial charge in [0.1, 0.15) is 5.69 Å². The summed E-state index contributed by atoms with van der Waals surface area (Å²) in [5, 5.41) is 0. The lowest BCUT2D eigenvalue weighted by Crippen LogP contribution is -2.08. The largest absolute Gasteiger partial charge is 0.453 e. The summed E-state index contributed by atoms with van der Waals surface area (Å²) in [6.07, 6.45) is 1.11. The highest BCUT2D eigenvalue weighted by atomic mass is 16.5. The van der Waals surface area contributed by atoms with Gasteiger partial charge in [-0.25, -0.2) is 4.98 Å². The second kappa shape index (κ2) is 5.48. The first-order chi connectivity index (χ1) is 9.88. The van der Waals surface area contributed by atoms with Crippen LogP contribution in [0.3, 0.4) is 0 Å². The Kier molecular flexibility index (Phi) is 3.37. The second-order valence-electron chi connectivity index (χ2n) is 4.31. The van der Waals surface area contributed by atoms with Crippen molar-refractivity contribution in [3.63, 3.8) is 0 Å². The van der Waals surface area contributed by atoms with E-state index in [1.807, 2.05) is 54.6 Å². The van der Waals surface area contributed by atoms with Crippen molar-refractivity contribution in [2.24, 2.45) is 0 Å². The lowest BCUT2D eigenvalue weighted by molar-refractivity contribution is -0.132. The number of rotatable bonds is 4. The molecule has 4 heteroatoms. The Balaban J connectivity index is 2.07. The Labute approximate surface area is 116 Å². The third-order valence-corrected chi connectivity index (χ3v) is 3.03. The molecule has 0 saturated heterocycles. The molecule has 0 spiro atoms. The summed E-state index contributed by atoms with van der Waals surface area (Å²) in [5.41, 5.74) is 3.07. The SMILES string of the molecule is O=COC(c1ccccc1)c1cnc2ccccc2n1. The van der Waals surface area contributed by atoms with Crippen LogP contribution in [0.1, 0.15) is 17.4 Å². The van der Waals surface area contributed by atoms with Gasteiger partial charge in [-0.2, -0.15) is 0 Å². The molecule has 0 aliphatic rings. The molecular formula is C16H12N2O2.